The van der Waals surface area contributed by atoms with Crippen molar-refractivity contribution in [1.82, 2.24) is 0 Å². The molecular weight excluding hydrogens is 256 g/mol. The van der Waals surface area contributed by atoms with E-state index >= 15 is 0 Å². The summed E-state index contributed by atoms with van der Waals surface area (Å²) in [5.74, 6) is 0. The minimum absolute atomic E-state index is 0.0278. The van der Waals surface area contributed by atoms with E-state index in [1.54, 1.807) is 0 Å². The molecule has 0 spiro atoms. The van der Waals surface area contributed by atoms with Gasteiger partial charge in [0.15, 0.2) is 0 Å². The Balaban J connectivity index is 0. The van der Waals surface area contributed by atoms with Crippen LogP contribution in [0, 0.1) is 0 Å². The van der Waals surface area contributed by atoms with Crippen molar-refractivity contribution in [3.63, 3.8) is 0 Å². The number of rotatable bonds is 14. The smallest absolute Gasteiger partial charge is 0.0698 e. The molecule has 0 aliphatic rings. The van der Waals surface area contributed by atoms with E-state index in [1.165, 1.54) is 51.4 Å². The second kappa shape index (κ2) is 23.9. The molecule has 0 unspecified atom stereocenters. The van der Waals surface area contributed by atoms with Crippen molar-refractivity contribution in [3.8, 4) is 0 Å². The number of ether oxygens (including phenoxy) is 2. The summed E-state index contributed by atoms with van der Waals surface area (Å²) < 4.78 is 10.1. The lowest BCUT2D eigenvalue weighted by atomic mass is 10.1. The van der Waals surface area contributed by atoms with Crippen molar-refractivity contribution in [2.75, 3.05) is 39.6 Å². The van der Waals surface area contributed by atoms with Crippen LogP contribution in [0.4, 0.5) is 0 Å². The monoisotopic (exact) mass is 292 g/mol. The van der Waals surface area contributed by atoms with Gasteiger partial charge in [0.2, 0.25) is 0 Å². The molecule has 0 radical (unpaired) electrons. The van der Waals surface area contributed by atoms with Gasteiger partial charge in [-0.25, -0.2) is 0 Å². The predicted octanol–water partition coefficient (Wildman–Crippen LogP) is 3.15. The first kappa shape index (κ1) is 22.1. The lowest BCUT2D eigenvalue weighted by molar-refractivity contribution is 0.0650. The molecule has 0 fully saturated rings. The van der Waals surface area contributed by atoms with Crippen molar-refractivity contribution in [2.24, 2.45) is 0 Å². The van der Waals surface area contributed by atoms with E-state index in [0.717, 1.165) is 13.2 Å². The maximum Gasteiger partial charge on any atom is 0.0698 e. The van der Waals surface area contributed by atoms with Crippen molar-refractivity contribution >= 4 is 0 Å². The van der Waals surface area contributed by atoms with E-state index in [2.05, 4.69) is 18.6 Å². The Morgan fingerprint density at radius 3 is 1.55 bits per heavy atom. The number of aliphatic hydroxyl groups is 2. The molecule has 0 amide bonds. The van der Waals surface area contributed by atoms with Gasteiger partial charge in [0.25, 0.3) is 0 Å². The third-order valence-electron chi connectivity index (χ3n) is 2.76. The van der Waals surface area contributed by atoms with E-state index in [0.29, 0.717) is 13.2 Å². The minimum atomic E-state index is 0.0278. The maximum absolute atomic E-state index is 8.09. The van der Waals surface area contributed by atoms with Gasteiger partial charge >= 0.3 is 0 Å². The number of hydrogen-bond acceptors (Lipinski definition) is 4. The number of hydrogen-bond donors (Lipinski definition) is 2. The summed E-state index contributed by atoms with van der Waals surface area (Å²) in [5, 5.41) is 16.2. The molecule has 0 heterocycles. The van der Waals surface area contributed by atoms with Gasteiger partial charge in [0.05, 0.1) is 26.4 Å². The van der Waals surface area contributed by atoms with Crippen molar-refractivity contribution in [3.05, 3.63) is 0 Å². The molecule has 0 aromatic rings. The Kier molecular flexibility index (Phi) is 26.4. The third-order valence-corrected chi connectivity index (χ3v) is 2.76. The van der Waals surface area contributed by atoms with E-state index in [4.69, 9.17) is 14.9 Å². The largest absolute Gasteiger partial charge is 0.394 e. The van der Waals surface area contributed by atoms with Crippen molar-refractivity contribution in [1.29, 1.82) is 0 Å². The van der Waals surface area contributed by atoms with Crippen LogP contribution in [-0.2, 0) is 9.47 Å². The Morgan fingerprint density at radius 1 is 0.550 bits per heavy atom. The van der Waals surface area contributed by atoms with Crippen LogP contribution in [0.1, 0.15) is 65.2 Å². The molecule has 4 nitrogen and oxygen atoms in total. The van der Waals surface area contributed by atoms with E-state index < -0.39 is 0 Å². The van der Waals surface area contributed by atoms with Gasteiger partial charge < -0.3 is 19.7 Å². The zero-order valence-electron chi connectivity index (χ0n) is 13.6. The lowest BCUT2D eigenvalue weighted by Gasteiger charge is -2.02. The standard InChI is InChI=1S/C12H26O.C4H10O3/c1-3-5-7-8-9-10-12-13-11-6-4-2;5-1-3-7-4-2-6/h3-12H2,1-2H3;5-6H,1-4H2. The fourth-order valence-electron chi connectivity index (χ4n) is 1.56. The van der Waals surface area contributed by atoms with E-state index in [-0.39, 0.29) is 13.2 Å². The van der Waals surface area contributed by atoms with Gasteiger partial charge in [-0.2, -0.15) is 0 Å². The molecule has 4 heteroatoms. The molecule has 0 aromatic heterocycles. The molecule has 124 valence electrons. The van der Waals surface area contributed by atoms with Gasteiger partial charge in [0.1, 0.15) is 0 Å². The molecule has 0 bridgehead atoms. The average Bonchev–Trinajstić information content (AvgIpc) is 2.47. The molecule has 0 rings (SSSR count). The molecular formula is C16H36O4. The van der Waals surface area contributed by atoms with E-state index in [9.17, 15) is 0 Å². The predicted molar refractivity (Wildman–Crippen MR) is 84.1 cm³/mol. The topological polar surface area (TPSA) is 58.9 Å². The zero-order chi connectivity index (χ0) is 15.3. The van der Waals surface area contributed by atoms with Crippen LogP contribution in [0.3, 0.4) is 0 Å². The summed E-state index contributed by atoms with van der Waals surface area (Å²) in [6.45, 7) is 7.10. The van der Waals surface area contributed by atoms with Crippen molar-refractivity contribution < 1.29 is 19.7 Å². The fraction of sp³-hybridized carbons (Fsp3) is 1.00. The van der Waals surface area contributed by atoms with Crippen LogP contribution < -0.4 is 0 Å². The molecule has 0 saturated carbocycles. The summed E-state index contributed by atoms with van der Waals surface area (Å²) in [5.41, 5.74) is 0. The van der Waals surface area contributed by atoms with Gasteiger partial charge in [0, 0.05) is 13.2 Å². The molecule has 0 aliphatic heterocycles. The number of aliphatic hydroxyl groups excluding tert-OH is 2. The minimum Gasteiger partial charge on any atom is -0.394 e. The second-order valence-electron chi connectivity index (χ2n) is 4.79. The Bertz CT molecular complexity index is 128. The highest BCUT2D eigenvalue weighted by molar-refractivity contribution is 4.43. The Morgan fingerprint density at radius 2 is 1.00 bits per heavy atom. The van der Waals surface area contributed by atoms with Crippen LogP contribution in [-0.4, -0.2) is 49.9 Å². The van der Waals surface area contributed by atoms with Gasteiger partial charge in [-0.1, -0.05) is 52.4 Å². The van der Waals surface area contributed by atoms with E-state index in [1.807, 2.05) is 0 Å². The van der Waals surface area contributed by atoms with Crippen LogP contribution in [0.5, 0.6) is 0 Å². The highest BCUT2D eigenvalue weighted by Crippen LogP contribution is 2.04. The van der Waals surface area contributed by atoms with Gasteiger partial charge in [-0.3, -0.25) is 0 Å². The first-order valence-electron chi connectivity index (χ1n) is 8.20. The summed E-state index contributed by atoms with van der Waals surface area (Å²) in [6, 6.07) is 0. The first-order chi connectivity index (χ1) is 9.83. The summed E-state index contributed by atoms with van der Waals surface area (Å²) in [7, 11) is 0. The highest BCUT2D eigenvalue weighted by atomic mass is 16.5. The quantitative estimate of drug-likeness (QED) is 0.483. The SMILES string of the molecule is CCCCCCCCOCCCC.OCCOCCO. The summed E-state index contributed by atoms with van der Waals surface area (Å²) in [6.07, 6.45) is 10.6. The maximum atomic E-state index is 8.09. The lowest BCUT2D eigenvalue weighted by Crippen LogP contribution is -2.03. The van der Waals surface area contributed by atoms with Crippen LogP contribution in [0.15, 0.2) is 0 Å². The van der Waals surface area contributed by atoms with Gasteiger partial charge in [-0.15, -0.1) is 0 Å². The molecule has 0 saturated heterocycles. The Labute approximate surface area is 125 Å². The number of unbranched alkanes of at least 4 members (excludes halogenated alkanes) is 6. The summed E-state index contributed by atoms with van der Waals surface area (Å²) in [4.78, 5) is 0. The highest BCUT2D eigenvalue weighted by Gasteiger charge is 1.90. The molecule has 0 aliphatic carbocycles. The van der Waals surface area contributed by atoms with Gasteiger partial charge in [-0.05, 0) is 12.8 Å². The molecule has 2 N–H and O–H groups in total. The Hall–Kier alpha value is -0.160. The molecule has 0 aromatic carbocycles. The average molecular weight is 292 g/mol. The fourth-order valence-corrected chi connectivity index (χ4v) is 1.56. The van der Waals surface area contributed by atoms with Crippen LogP contribution in [0.25, 0.3) is 0 Å². The van der Waals surface area contributed by atoms with Crippen molar-refractivity contribution in [2.45, 2.75) is 65.2 Å². The molecule has 20 heavy (non-hydrogen) atoms. The zero-order valence-corrected chi connectivity index (χ0v) is 13.6. The molecule has 0 atom stereocenters. The second-order valence-corrected chi connectivity index (χ2v) is 4.79. The van der Waals surface area contributed by atoms with Crippen LogP contribution in [0.2, 0.25) is 0 Å². The third kappa shape index (κ3) is 26.4. The normalized spacial score (nSPS) is 10.2. The van der Waals surface area contributed by atoms with Crippen LogP contribution >= 0.6 is 0 Å². The first-order valence-corrected chi connectivity index (χ1v) is 8.20. The summed E-state index contributed by atoms with van der Waals surface area (Å²) >= 11 is 0.